The first-order valence-corrected chi connectivity index (χ1v) is 6.86. The van der Waals surface area contributed by atoms with Gasteiger partial charge >= 0.3 is 0 Å². The van der Waals surface area contributed by atoms with E-state index in [9.17, 15) is 9.59 Å². The highest BCUT2D eigenvalue weighted by atomic mass is 32.1. The second-order valence-electron chi connectivity index (χ2n) is 4.46. The van der Waals surface area contributed by atoms with Crippen LogP contribution < -0.4 is 4.90 Å². The Bertz CT molecular complexity index is 587. The number of fused-ring (bicyclic) bond motifs is 1. The van der Waals surface area contributed by atoms with Crippen molar-refractivity contribution < 1.29 is 9.59 Å². The van der Waals surface area contributed by atoms with E-state index in [0.717, 1.165) is 36.1 Å². The third-order valence-electron chi connectivity index (χ3n) is 3.28. The minimum atomic E-state index is -0.593. The third kappa shape index (κ3) is 2.47. The van der Waals surface area contributed by atoms with Crippen molar-refractivity contribution in [1.82, 2.24) is 0 Å². The summed E-state index contributed by atoms with van der Waals surface area (Å²) in [7, 11) is 1.63. The number of anilines is 1. The van der Waals surface area contributed by atoms with Crippen LogP contribution in [0.4, 0.5) is 5.00 Å². The van der Waals surface area contributed by atoms with E-state index in [2.05, 4.69) is 10.0 Å². The maximum Gasteiger partial charge on any atom is 0.252 e. The number of hydrogen-bond donors (Lipinski definition) is 0. The Labute approximate surface area is 114 Å². The molecule has 1 aromatic heterocycles. The van der Waals surface area contributed by atoms with Gasteiger partial charge in [-0.1, -0.05) is 0 Å². The van der Waals surface area contributed by atoms with E-state index in [1.165, 1.54) is 23.2 Å². The topological polar surface area (TPSA) is 86.1 Å². The number of carbonyl (C=O) groups is 2. The number of carbonyl (C=O) groups excluding carboxylic acids is 2. The van der Waals surface area contributed by atoms with Crippen molar-refractivity contribution in [1.29, 1.82) is 0 Å². The molecule has 6 nitrogen and oxygen atoms in total. The van der Waals surface area contributed by atoms with Crippen LogP contribution in [0.25, 0.3) is 10.4 Å². The van der Waals surface area contributed by atoms with E-state index in [-0.39, 0.29) is 5.91 Å². The smallest absolute Gasteiger partial charge is 0.252 e. The van der Waals surface area contributed by atoms with Crippen LogP contribution in [0.3, 0.4) is 0 Å². The van der Waals surface area contributed by atoms with Gasteiger partial charge in [0.1, 0.15) is 5.00 Å². The van der Waals surface area contributed by atoms with Gasteiger partial charge in [-0.25, -0.2) is 0 Å². The fraction of sp³-hybridized carbons (Fsp3) is 0.500. The number of hydrogen-bond acceptors (Lipinski definition) is 3. The Morgan fingerprint density at radius 3 is 2.68 bits per heavy atom. The monoisotopic (exact) mass is 278 g/mol. The molecule has 7 heteroatoms. The Morgan fingerprint density at radius 1 is 1.37 bits per heavy atom. The molecule has 0 radical (unpaired) electrons. The Morgan fingerprint density at radius 2 is 2.05 bits per heavy atom. The standard InChI is InChI=1S/C12H14N4O2S/c1-7(17)16(2)12-10(11(18)14-15-13)8-5-3-4-6-9(8)19-12/h3-6H2,1-2H3. The van der Waals surface area contributed by atoms with Crippen molar-refractivity contribution in [2.45, 2.75) is 32.6 Å². The molecule has 0 unspecified atom stereocenters. The molecule has 0 saturated heterocycles. The second kappa shape index (κ2) is 5.42. The highest BCUT2D eigenvalue weighted by Gasteiger charge is 2.27. The highest BCUT2D eigenvalue weighted by Crippen LogP contribution is 2.40. The molecule has 1 aliphatic rings. The molecule has 19 heavy (non-hydrogen) atoms. The SMILES string of the molecule is CC(=O)N(C)c1sc2c(c1C(=O)N=[N+]=[N-])CCCC2. The van der Waals surface area contributed by atoms with Crippen molar-refractivity contribution in [3.8, 4) is 0 Å². The fourth-order valence-corrected chi connectivity index (χ4v) is 3.63. The zero-order valence-corrected chi connectivity index (χ0v) is 11.7. The first-order valence-electron chi connectivity index (χ1n) is 6.04. The molecule has 2 amide bonds. The van der Waals surface area contributed by atoms with Gasteiger partial charge in [0.25, 0.3) is 5.91 Å². The van der Waals surface area contributed by atoms with Gasteiger partial charge in [-0.15, -0.1) is 11.3 Å². The van der Waals surface area contributed by atoms with Crippen LogP contribution in [-0.2, 0) is 17.6 Å². The van der Waals surface area contributed by atoms with Crippen LogP contribution in [0.2, 0.25) is 0 Å². The maximum atomic E-state index is 12.0. The number of thiophene rings is 1. The lowest BCUT2D eigenvalue weighted by Crippen LogP contribution is -2.23. The van der Waals surface area contributed by atoms with Crippen LogP contribution in [-0.4, -0.2) is 18.9 Å². The second-order valence-corrected chi connectivity index (χ2v) is 5.55. The number of nitrogens with zero attached hydrogens (tertiary/aromatic N) is 4. The quantitative estimate of drug-likeness (QED) is 0.473. The van der Waals surface area contributed by atoms with Gasteiger partial charge in [0.15, 0.2) is 0 Å². The highest BCUT2D eigenvalue weighted by molar-refractivity contribution is 7.17. The van der Waals surface area contributed by atoms with E-state index in [1.807, 2.05) is 0 Å². The number of azide groups is 1. The summed E-state index contributed by atoms with van der Waals surface area (Å²) in [6.07, 6.45) is 3.83. The summed E-state index contributed by atoms with van der Waals surface area (Å²) in [5, 5.41) is 3.78. The lowest BCUT2D eigenvalue weighted by Gasteiger charge is -2.14. The molecule has 0 bridgehead atoms. The van der Waals surface area contributed by atoms with E-state index in [1.54, 1.807) is 7.05 Å². The third-order valence-corrected chi connectivity index (χ3v) is 4.65. The molecular formula is C12H14N4O2S. The largest absolute Gasteiger partial charge is 0.307 e. The summed E-state index contributed by atoms with van der Waals surface area (Å²) in [6, 6.07) is 0. The Kier molecular flexibility index (Phi) is 3.87. The minimum absolute atomic E-state index is 0.145. The van der Waals surface area contributed by atoms with Gasteiger partial charge in [-0.3, -0.25) is 9.59 Å². The molecule has 1 aliphatic carbocycles. The number of amides is 2. The van der Waals surface area contributed by atoms with E-state index < -0.39 is 5.91 Å². The van der Waals surface area contributed by atoms with Gasteiger partial charge in [0, 0.05) is 23.8 Å². The Hall–Kier alpha value is -1.85. The molecule has 0 aromatic carbocycles. The van der Waals surface area contributed by atoms with E-state index in [0.29, 0.717) is 10.6 Å². The van der Waals surface area contributed by atoms with Crippen LogP contribution >= 0.6 is 11.3 Å². The lowest BCUT2D eigenvalue weighted by molar-refractivity contribution is -0.116. The average molecular weight is 278 g/mol. The predicted molar refractivity (Wildman–Crippen MR) is 73.5 cm³/mol. The van der Waals surface area contributed by atoms with Crippen LogP contribution in [0.15, 0.2) is 5.11 Å². The minimum Gasteiger partial charge on any atom is -0.307 e. The van der Waals surface area contributed by atoms with Crippen molar-refractivity contribution >= 4 is 28.2 Å². The van der Waals surface area contributed by atoms with Gasteiger partial charge in [-0.2, -0.15) is 0 Å². The summed E-state index contributed by atoms with van der Waals surface area (Å²) < 4.78 is 0. The number of rotatable bonds is 2. The van der Waals surface area contributed by atoms with Crippen LogP contribution in [0.1, 0.15) is 40.6 Å². The van der Waals surface area contributed by atoms with Gasteiger partial charge in [0.05, 0.1) is 5.56 Å². The van der Waals surface area contributed by atoms with Crippen LogP contribution in [0, 0.1) is 0 Å². The summed E-state index contributed by atoms with van der Waals surface area (Å²) in [5.41, 5.74) is 9.81. The van der Waals surface area contributed by atoms with Crippen LogP contribution in [0.5, 0.6) is 0 Å². The van der Waals surface area contributed by atoms with Gasteiger partial charge < -0.3 is 4.90 Å². The maximum absolute atomic E-state index is 12.0. The summed E-state index contributed by atoms with van der Waals surface area (Å²) in [5.74, 6) is -0.737. The summed E-state index contributed by atoms with van der Waals surface area (Å²) >= 11 is 1.45. The van der Waals surface area contributed by atoms with Crippen molar-refractivity contribution in [2.75, 3.05) is 11.9 Å². The molecular weight excluding hydrogens is 264 g/mol. The van der Waals surface area contributed by atoms with Crippen molar-refractivity contribution in [2.24, 2.45) is 5.11 Å². The molecule has 100 valence electrons. The molecule has 0 fully saturated rings. The summed E-state index contributed by atoms with van der Waals surface area (Å²) in [4.78, 5) is 28.6. The molecule has 1 heterocycles. The molecule has 0 N–H and O–H groups in total. The summed E-state index contributed by atoms with van der Waals surface area (Å²) in [6.45, 7) is 1.44. The fourth-order valence-electron chi connectivity index (χ4n) is 2.24. The molecule has 1 aromatic rings. The first-order chi connectivity index (χ1) is 9.06. The van der Waals surface area contributed by atoms with Crippen molar-refractivity contribution in [3.63, 3.8) is 0 Å². The van der Waals surface area contributed by atoms with E-state index in [4.69, 9.17) is 5.53 Å². The lowest BCUT2D eigenvalue weighted by atomic mass is 9.95. The Balaban J connectivity index is 2.58. The van der Waals surface area contributed by atoms with Gasteiger partial charge in [-0.05, 0) is 41.9 Å². The van der Waals surface area contributed by atoms with Crippen molar-refractivity contribution in [3.05, 3.63) is 26.4 Å². The first kappa shape index (κ1) is 13.6. The van der Waals surface area contributed by atoms with E-state index >= 15 is 0 Å². The predicted octanol–water partition coefficient (Wildman–Crippen LogP) is 3.06. The molecule has 0 aliphatic heterocycles. The zero-order chi connectivity index (χ0) is 14.0. The molecule has 2 rings (SSSR count). The van der Waals surface area contributed by atoms with Gasteiger partial charge in [0.2, 0.25) is 5.91 Å². The molecule has 0 spiro atoms. The molecule has 0 saturated carbocycles. The average Bonchev–Trinajstić information content (AvgIpc) is 2.77. The zero-order valence-electron chi connectivity index (χ0n) is 10.8. The molecule has 0 atom stereocenters. The number of aryl methyl sites for hydroxylation is 1. The normalized spacial score (nSPS) is 13.4.